The summed E-state index contributed by atoms with van der Waals surface area (Å²) >= 11 is 0. The van der Waals surface area contributed by atoms with Crippen LogP contribution >= 0.6 is 0 Å². The second-order valence-electron chi connectivity index (χ2n) is 7.90. The van der Waals surface area contributed by atoms with E-state index in [0.717, 1.165) is 13.0 Å². The molecule has 0 amide bonds. The number of hydrogen-bond donors (Lipinski definition) is 1. The molecule has 0 bridgehead atoms. The van der Waals surface area contributed by atoms with E-state index in [-0.39, 0.29) is 0 Å². The quantitative estimate of drug-likeness (QED) is 0.389. The second kappa shape index (κ2) is 5.90. The van der Waals surface area contributed by atoms with E-state index in [4.69, 9.17) is 0 Å². The maximum Gasteiger partial charge on any atom is 0.0489 e. The molecular formula is C25H23N3. The van der Waals surface area contributed by atoms with Gasteiger partial charge in [-0.3, -0.25) is 0 Å². The predicted octanol–water partition coefficient (Wildman–Crippen LogP) is 6.13. The van der Waals surface area contributed by atoms with Crippen LogP contribution in [-0.4, -0.2) is 14.1 Å². The molecule has 0 unspecified atom stereocenters. The molecule has 1 N–H and O–H groups in total. The Morgan fingerprint density at radius 1 is 0.786 bits per heavy atom. The number of aryl methyl sites for hydroxylation is 2. The van der Waals surface area contributed by atoms with E-state index >= 15 is 0 Å². The Kier molecular flexibility index (Phi) is 3.33. The number of fused-ring (bicyclic) bond motifs is 4. The molecule has 0 atom stereocenters. The Morgan fingerprint density at radius 2 is 1.54 bits per heavy atom. The van der Waals surface area contributed by atoms with Crippen molar-refractivity contribution in [1.29, 1.82) is 0 Å². The number of rotatable bonds is 2. The summed E-state index contributed by atoms with van der Waals surface area (Å²) in [5, 5.41) is 2.68. The number of nitrogens with one attached hydrogen (secondary N) is 1. The van der Waals surface area contributed by atoms with Gasteiger partial charge in [-0.15, -0.1) is 0 Å². The van der Waals surface area contributed by atoms with Gasteiger partial charge in [0.05, 0.1) is 0 Å². The summed E-state index contributed by atoms with van der Waals surface area (Å²) in [7, 11) is 2.13. The summed E-state index contributed by atoms with van der Waals surface area (Å²) in [6.07, 6.45) is 10.3. The molecule has 5 aromatic rings. The predicted molar refractivity (Wildman–Crippen MR) is 117 cm³/mol. The largest absolute Gasteiger partial charge is 0.366 e. The Morgan fingerprint density at radius 3 is 2.43 bits per heavy atom. The van der Waals surface area contributed by atoms with Crippen LogP contribution in [0.1, 0.15) is 18.5 Å². The van der Waals surface area contributed by atoms with Gasteiger partial charge in [0.25, 0.3) is 0 Å². The molecule has 6 rings (SSSR count). The molecule has 28 heavy (non-hydrogen) atoms. The molecule has 0 fully saturated rings. The van der Waals surface area contributed by atoms with Crippen LogP contribution < -0.4 is 0 Å². The highest BCUT2D eigenvalue weighted by Crippen LogP contribution is 2.43. The summed E-state index contributed by atoms with van der Waals surface area (Å²) in [6.45, 7) is 1.13. The lowest BCUT2D eigenvalue weighted by molar-refractivity contribution is 0.546. The maximum atomic E-state index is 3.41. The fraction of sp³-hybridized carbons (Fsp3) is 0.200. The van der Waals surface area contributed by atoms with E-state index < -0.39 is 0 Å². The Labute approximate surface area is 164 Å². The minimum absolute atomic E-state index is 1.13. The number of para-hydroxylation sites is 2. The number of nitrogens with zero attached hydrogens (tertiary/aromatic N) is 2. The zero-order valence-electron chi connectivity index (χ0n) is 16.1. The molecule has 0 saturated heterocycles. The third-order valence-electron chi connectivity index (χ3n) is 6.33. The normalized spacial score (nSPS) is 14.0. The fourth-order valence-electron chi connectivity index (χ4n) is 5.08. The highest BCUT2D eigenvalue weighted by molar-refractivity contribution is 6.05. The first kappa shape index (κ1) is 15.8. The van der Waals surface area contributed by atoms with Gasteiger partial charge in [-0.05, 0) is 31.4 Å². The topological polar surface area (TPSA) is 25.6 Å². The monoisotopic (exact) mass is 365 g/mol. The van der Waals surface area contributed by atoms with Crippen molar-refractivity contribution in [2.24, 2.45) is 7.05 Å². The average molecular weight is 365 g/mol. The standard InChI is InChI=1S/C25H23N3/c1-27-16-21(17-8-2-4-10-22(17)27)19-14-26-15-20(19)25-18-9-3-5-11-23(18)28-13-7-6-12-24(25)28/h2-5,8-11,14-16,26H,6-7,12-13H2,1H3. The second-order valence-corrected chi connectivity index (χ2v) is 7.90. The number of hydrogen-bond acceptors (Lipinski definition) is 0. The van der Waals surface area contributed by atoms with E-state index in [1.54, 1.807) is 0 Å². The first-order valence-electron chi connectivity index (χ1n) is 10.1. The van der Waals surface area contributed by atoms with Gasteiger partial charge in [0.2, 0.25) is 0 Å². The van der Waals surface area contributed by atoms with Crippen LogP contribution in [0.2, 0.25) is 0 Å². The number of H-pyrrole nitrogens is 1. The van der Waals surface area contributed by atoms with Crippen molar-refractivity contribution in [3.05, 3.63) is 72.8 Å². The zero-order chi connectivity index (χ0) is 18.7. The highest BCUT2D eigenvalue weighted by atomic mass is 15.0. The van der Waals surface area contributed by atoms with Crippen LogP contribution in [0, 0.1) is 0 Å². The molecule has 3 heteroatoms. The van der Waals surface area contributed by atoms with Crippen molar-refractivity contribution in [3.63, 3.8) is 0 Å². The van der Waals surface area contributed by atoms with E-state index in [1.807, 2.05) is 0 Å². The molecule has 0 aliphatic carbocycles. The van der Waals surface area contributed by atoms with E-state index in [1.165, 1.54) is 62.6 Å². The Bertz CT molecular complexity index is 1330. The van der Waals surface area contributed by atoms with Crippen molar-refractivity contribution >= 4 is 21.8 Å². The first-order valence-corrected chi connectivity index (χ1v) is 10.1. The van der Waals surface area contributed by atoms with Crippen LogP contribution in [0.4, 0.5) is 0 Å². The summed E-state index contributed by atoms with van der Waals surface area (Å²) in [5.74, 6) is 0. The van der Waals surface area contributed by atoms with Crippen LogP contribution in [0.15, 0.2) is 67.1 Å². The minimum atomic E-state index is 1.13. The van der Waals surface area contributed by atoms with Gasteiger partial charge in [0.15, 0.2) is 0 Å². The first-order chi connectivity index (χ1) is 13.8. The molecule has 2 aromatic carbocycles. The third-order valence-corrected chi connectivity index (χ3v) is 6.33. The Hall–Kier alpha value is -3.20. The van der Waals surface area contributed by atoms with Crippen molar-refractivity contribution in [1.82, 2.24) is 14.1 Å². The zero-order valence-corrected chi connectivity index (χ0v) is 16.1. The summed E-state index contributed by atoms with van der Waals surface area (Å²) in [5.41, 5.74) is 9.47. The number of aromatic nitrogens is 3. The molecule has 3 aromatic heterocycles. The lowest BCUT2D eigenvalue weighted by Crippen LogP contribution is -2.09. The van der Waals surface area contributed by atoms with Gasteiger partial charge in [-0.2, -0.15) is 0 Å². The van der Waals surface area contributed by atoms with Crippen LogP contribution in [0.3, 0.4) is 0 Å². The number of benzene rings is 2. The molecule has 0 spiro atoms. The lowest BCUT2D eigenvalue weighted by Gasteiger charge is -2.17. The minimum Gasteiger partial charge on any atom is -0.366 e. The fourth-order valence-corrected chi connectivity index (χ4v) is 5.08. The molecule has 138 valence electrons. The summed E-state index contributed by atoms with van der Waals surface area (Å²) < 4.78 is 4.78. The Balaban J connectivity index is 1.66. The van der Waals surface area contributed by atoms with Crippen molar-refractivity contribution in [2.45, 2.75) is 25.8 Å². The van der Waals surface area contributed by atoms with Gasteiger partial charge in [0.1, 0.15) is 0 Å². The van der Waals surface area contributed by atoms with E-state index in [2.05, 4.69) is 88.3 Å². The van der Waals surface area contributed by atoms with Crippen LogP contribution in [0.25, 0.3) is 44.1 Å². The molecule has 1 aliphatic heterocycles. The van der Waals surface area contributed by atoms with Crippen LogP contribution in [0.5, 0.6) is 0 Å². The number of aromatic amines is 1. The van der Waals surface area contributed by atoms with Gasteiger partial charge in [-0.1, -0.05) is 36.4 Å². The molecular weight excluding hydrogens is 342 g/mol. The third kappa shape index (κ3) is 2.10. The maximum absolute atomic E-state index is 3.41. The van der Waals surface area contributed by atoms with E-state index in [9.17, 15) is 0 Å². The van der Waals surface area contributed by atoms with Gasteiger partial charge in [-0.25, -0.2) is 0 Å². The van der Waals surface area contributed by atoms with E-state index in [0.29, 0.717) is 0 Å². The van der Waals surface area contributed by atoms with Crippen molar-refractivity contribution in [3.8, 4) is 22.3 Å². The van der Waals surface area contributed by atoms with Gasteiger partial charge in [0, 0.05) is 81.9 Å². The molecule has 1 aliphatic rings. The summed E-state index contributed by atoms with van der Waals surface area (Å²) in [4.78, 5) is 3.41. The highest BCUT2D eigenvalue weighted by Gasteiger charge is 2.23. The van der Waals surface area contributed by atoms with Crippen molar-refractivity contribution in [2.75, 3.05) is 0 Å². The molecule has 0 saturated carbocycles. The molecule has 3 nitrogen and oxygen atoms in total. The summed E-state index contributed by atoms with van der Waals surface area (Å²) in [6, 6.07) is 17.6. The lowest BCUT2D eigenvalue weighted by atomic mass is 9.94. The van der Waals surface area contributed by atoms with Crippen molar-refractivity contribution < 1.29 is 0 Å². The molecule has 0 radical (unpaired) electrons. The SMILES string of the molecule is Cn1cc(-c2c[nH]cc2-c2c3n(c4ccccc24)CCCC3)c2ccccc21. The average Bonchev–Trinajstić information content (AvgIpc) is 3.42. The van der Waals surface area contributed by atoms with Gasteiger partial charge >= 0.3 is 0 Å². The van der Waals surface area contributed by atoms with Gasteiger partial charge < -0.3 is 14.1 Å². The smallest absolute Gasteiger partial charge is 0.0489 e. The molecule has 4 heterocycles. The van der Waals surface area contributed by atoms with Crippen LogP contribution in [-0.2, 0) is 20.0 Å².